The van der Waals surface area contributed by atoms with Crippen LogP contribution in [0.25, 0.3) is 0 Å². The average molecular weight is 390 g/mol. The molecule has 2 aromatic heterocycles. The van der Waals surface area contributed by atoms with Crippen molar-refractivity contribution in [1.29, 1.82) is 0 Å². The number of rotatable bonds is 4. The van der Waals surface area contributed by atoms with Gasteiger partial charge in [0, 0.05) is 29.3 Å². The first-order chi connectivity index (χ1) is 8.66. The summed E-state index contributed by atoms with van der Waals surface area (Å²) in [5, 5.41) is 2.88. The smallest absolute Gasteiger partial charge is 0.261 e. The van der Waals surface area contributed by atoms with Gasteiger partial charge in [0.1, 0.15) is 0 Å². The molecule has 0 atom stereocenters. The molecular formula is C12H10Br2N2OS. The Morgan fingerprint density at radius 2 is 2.22 bits per heavy atom. The van der Waals surface area contributed by atoms with E-state index < -0.39 is 0 Å². The second kappa shape index (κ2) is 6.45. The van der Waals surface area contributed by atoms with Crippen molar-refractivity contribution in [2.75, 3.05) is 6.54 Å². The lowest BCUT2D eigenvalue weighted by Crippen LogP contribution is -2.25. The summed E-state index contributed by atoms with van der Waals surface area (Å²) in [6.45, 7) is 0.586. The van der Waals surface area contributed by atoms with Crippen LogP contribution in [0.3, 0.4) is 0 Å². The average Bonchev–Trinajstić information content (AvgIpc) is 2.71. The van der Waals surface area contributed by atoms with Crippen LogP contribution in [-0.4, -0.2) is 17.4 Å². The fraction of sp³-hybridized carbons (Fsp3) is 0.167. The quantitative estimate of drug-likeness (QED) is 0.867. The van der Waals surface area contributed by atoms with Gasteiger partial charge >= 0.3 is 0 Å². The van der Waals surface area contributed by atoms with E-state index in [4.69, 9.17) is 0 Å². The SMILES string of the molecule is O=C(NCCc1ccccn1)c1cc(Br)c(Br)s1. The molecule has 94 valence electrons. The lowest BCUT2D eigenvalue weighted by molar-refractivity contribution is 0.0958. The highest BCUT2D eigenvalue weighted by Crippen LogP contribution is 2.32. The second-order valence-electron chi connectivity index (χ2n) is 3.56. The molecule has 0 aromatic carbocycles. The van der Waals surface area contributed by atoms with Crippen molar-refractivity contribution in [3.8, 4) is 0 Å². The van der Waals surface area contributed by atoms with Gasteiger partial charge in [0.25, 0.3) is 5.91 Å². The van der Waals surface area contributed by atoms with Crippen LogP contribution in [0.4, 0.5) is 0 Å². The van der Waals surface area contributed by atoms with E-state index in [1.165, 1.54) is 11.3 Å². The molecule has 0 aliphatic heterocycles. The molecule has 2 rings (SSSR count). The van der Waals surface area contributed by atoms with Gasteiger partial charge in [-0.3, -0.25) is 9.78 Å². The Bertz CT molecular complexity index is 523. The molecule has 2 heterocycles. The third kappa shape index (κ3) is 3.63. The zero-order chi connectivity index (χ0) is 13.0. The summed E-state index contributed by atoms with van der Waals surface area (Å²) < 4.78 is 1.83. The number of amides is 1. The molecule has 0 spiro atoms. The van der Waals surface area contributed by atoms with Gasteiger partial charge in [-0.2, -0.15) is 0 Å². The third-order valence-electron chi connectivity index (χ3n) is 2.26. The van der Waals surface area contributed by atoms with Gasteiger partial charge in [-0.1, -0.05) is 6.07 Å². The Kier molecular flexibility index (Phi) is 4.91. The van der Waals surface area contributed by atoms with Crippen LogP contribution >= 0.6 is 43.2 Å². The molecule has 0 unspecified atom stereocenters. The number of halogens is 2. The maximum atomic E-state index is 11.8. The first kappa shape index (κ1) is 13.7. The Labute approximate surface area is 126 Å². The van der Waals surface area contributed by atoms with Gasteiger partial charge in [-0.15, -0.1) is 11.3 Å². The van der Waals surface area contributed by atoms with E-state index in [1.807, 2.05) is 24.3 Å². The van der Waals surface area contributed by atoms with Crippen LogP contribution in [0.15, 0.2) is 38.7 Å². The zero-order valence-corrected chi connectivity index (χ0v) is 13.3. The Hall–Kier alpha value is -0.720. The van der Waals surface area contributed by atoms with Crippen LogP contribution in [0.1, 0.15) is 15.4 Å². The molecule has 0 saturated heterocycles. The number of carbonyl (C=O) groups is 1. The predicted molar refractivity (Wildman–Crippen MR) is 80.0 cm³/mol. The Balaban J connectivity index is 1.85. The zero-order valence-electron chi connectivity index (χ0n) is 9.32. The van der Waals surface area contributed by atoms with E-state index in [0.717, 1.165) is 20.4 Å². The number of hydrogen-bond donors (Lipinski definition) is 1. The summed E-state index contributed by atoms with van der Waals surface area (Å²) in [5.74, 6) is -0.0534. The first-order valence-electron chi connectivity index (χ1n) is 5.30. The van der Waals surface area contributed by atoms with Crippen molar-refractivity contribution in [2.45, 2.75) is 6.42 Å². The Morgan fingerprint density at radius 1 is 1.39 bits per heavy atom. The number of nitrogens with one attached hydrogen (secondary N) is 1. The van der Waals surface area contributed by atoms with Crippen LogP contribution in [0.5, 0.6) is 0 Å². The van der Waals surface area contributed by atoms with E-state index in [-0.39, 0.29) is 5.91 Å². The first-order valence-corrected chi connectivity index (χ1v) is 7.70. The highest BCUT2D eigenvalue weighted by molar-refractivity contribution is 9.13. The minimum atomic E-state index is -0.0534. The van der Waals surface area contributed by atoms with Gasteiger partial charge < -0.3 is 5.32 Å². The van der Waals surface area contributed by atoms with Crippen molar-refractivity contribution in [1.82, 2.24) is 10.3 Å². The minimum absolute atomic E-state index is 0.0534. The van der Waals surface area contributed by atoms with Crippen LogP contribution in [-0.2, 0) is 6.42 Å². The number of aromatic nitrogens is 1. The second-order valence-corrected chi connectivity index (χ2v) is 6.78. The van der Waals surface area contributed by atoms with E-state index in [9.17, 15) is 4.79 Å². The normalized spacial score (nSPS) is 10.3. The summed E-state index contributed by atoms with van der Waals surface area (Å²) in [4.78, 5) is 16.7. The summed E-state index contributed by atoms with van der Waals surface area (Å²) in [6, 6.07) is 7.58. The van der Waals surface area contributed by atoms with Crippen LogP contribution < -0.4 is 5.32 Å². The van der Waals surface area contributed by atoms with Crippen molar-refractivity contribution < 1.29 is 4.79 Å². The lowest BCUT2D eigenvalue weighted by Gasteiger charge is -2.02. The molecular weight excluding hydrogens is 380 g/mol. The van der Waals surface area contributed by atoms with E-state index in [0.29, 0.717) is 11.4 Å². The Morgan fingerprint density at radius 3 is 2.83 bits per heavy atom. The standard InChI is InChI=1S/C12H10Br2N2OS/c13-9-7-10(18-11(9)14)12(17)16-6-4-8-3-1-2-5-15-8/h1-3,5,7H,4,6H2,(H,16,17). The number of pyridine rings is 1. The fourth-order valence-corrected chi connectivity index (χ4v) is 3.35. The summed E-state index contributed by atoms with van der Waals surface area (Å²) in [5.41, 5.74) is 0.978. The summed E-state index contributed by atoms with van der Waals surface area (Å²) in [7, 11) is 0. The molecule has 1 amide bonds. The molecule has 6 heteroatoms. The molecule has 0 saturated carbocycles. The topological polar surface area (TPSA) is 42.0 Å². The third-order valence-corrected chi connectivity index (χ3v) is 5.52. The number of nitrogens with zero attached hydrogens (tertiary/aromatic N) is 1. The fourth-order valence-electron chi connectivity index (χ4n) is 1.40. The molecule has 0 aliphatic rings. The maximum Gasteiger partial charge on any atom is 0.261 e. The predicted octanol–water partition coefficient (Wildman–Crippen LogP) is 3.64. The van der Waals surface area contributed by atoms with Gasteiger partial charge in [0.05, 0.1) is 8.66 Å². The van der Waals surface area contributed by atoms with Crippen molar-refractivity contribution in [3.63, 3.8) is 0 Å². The van der Waals surface area contributed by atoms with Gasteiger partial charge in [0.15, 0.2) is 0 Å². The van der Waals surface area contributed by atoms with E-state index >= 15 is 0 Å². The molecule has 0 radical (unpaired) electrons. The number of carbonyl (C=O) groups excluding carboxylic acids is 1. The molecule has 1 N–H and O–H groups in total. The largest absolute Gasteiger partial charge is 0.351 e. The summed E-state index contributed by atoms with van der Waals surface area (Å²) >= 11 is 8.14. The van der Waals surface area contributed by atoms with Gasteiger partial charge in [-0.05, 0) is 50.1 Å². The van der Waals surface area contributed by atoms with Crippen molar-refractivity contribution in [2.24, 2.45) is 0 Å². The van der Waals surface area contributed by atoms with Gasteiger partial charge in [0.2, 0.25) is 0 Å². The highest BCUT2D eigenvalue weighted by Gasteiger charge is 2.11. The van der Waals surface area contributed by atoms with E-state index in [2.05, 4.69) is 42.2 Å². The highest BCUT2D eigenvalue weighted by atomic mass is 79.9. The molecule has 18 heavy (non-hydrogen) atoms. The van der Waals surface area contributed by atoms with Crippen molar-refractivity contribution in [3.05, 3.63) is 49.3 Å². The van der Waals surface area contributed by atoms with Crippen LogP contribution in [0, 0.1) is 0 Å². The van der Waals surface area contributed by atoms with Crippen molar-refractivity contribution >= 4 is 49.1 Å². The molecule has 0 bridgehead atoms. The summed E-state index contributed by atoms with van der Waals surface area (Å²) in [6.07, 6.45) is 2.49. The van der Waals surface area contributed by atoms with Gasteiger partial charge in [-0.25, -0.2) is 0 Å². The number of hydrogen-bond acceptors (Lipinski definition) is 3. The molecule has 3 nitrogen and oxygen atoms in total. The maximum absolute atomic E-state index is 11.8. The molecule has 0 fully saturated rings. The minimum Gasteiger partial charge on any atom is -0.351 e. The number of thiophene rings is 1. The van der Waals surface area contributed by atoms with E-state index in [1.54, 1.807) is 6.20 Å². The molecule has 0 aliphatic carbocycles. The molecule has 2 aromatic rings. The lowest BCUT2D eigenvalue weighted by atomic mass is 10.3. The monoisotopic (exact) mass is 388 g/mol. The van der Waals surface area contributed by atoms with Crippen LogP contribution in [0.2, 0.25) is 0 Å².